The number of nitriles is 1. The fraction of sp³-hybridized carbons (Fsp3) is 0.316. The maximum Gasteiger partial charge on any atom is 0.417 e. The minimum atomic E-state index is -5.24. The van der Waals surface area contributed by atoms with Gasteiger partial charge in [0.2, 0.25) is 10.0 Å². The topological polar surface area (TPSA) is 136 Å². The van der Waals surface area contributed by atoms with Gasteiger partial charge in [-0.3, -0.25) is 0 Å². The lowest BCUT2D eigenvalue weighted by Gasteiger charge is -2.26. The molecule has 2 aromatic carbocycles. The predicted octanol–water partition coefficient (Wildman–Crippen LogP) is 1.29. The van der Waals surface area contributed by atoms with Crippen molar-refractivity contribution in [3.63, 3.8) is 0 Å². The first kappa shape index (κ1) is 25.1. The first-order valence-electron chi connectivity index (χ1n) is 9.11. The van der Waals surface area contributed by atoms with E-state index in [1.54, 1.807) is 6.07 Å². The van der Waals surface area contributed by atoms with E-state index in [1.807, 2.05) is 0 Å². The Morgan fingerprint density at radius 3 is 2.24 bits per heavy atom. The zero-order chi connectivity index (χ0) is 24.8. The van der Waals surface area contributed by atoms with Crippen LogP contribution in [0.3, 0.4) is 0 Å². The minimum Gasteiger partial charge on any atom is -0.393 e. The zero-order valence-electron chi connectivity index (χ0n) is 16.5. The summed E-state index contributed by atoms with van der Waals surface area (Å²) in [5.41, 5.74) is -4.22. The molecule has 1 aliphatic heterocycles. The molecule has 2 aromatic rings. The molecule has 178 valence electrons. The van der Waals surface area contributed by atoms with Crippen molar-refractivity contribution >= 4 is 19.9 Å². The lowest BCUT2D eigenvalue weighted by Crippen LogP contribution is -2.49. The molecule has 14 heteroatoms. The maximum atomic E-state index is 13.4. The summed E-state index contributed by atoms with van der Waals surface area (Å²) in [6.07, 6.45) is -5.24. The first-order valence-corrected chi connectivity index (χ1v) is 12.1. The van der Waals surface area contributed by atoms with E-state index in [0.717, 1.165) is 12.1 Å². The standard InChI is InChI=1S/C19H16F4N2O6S2/c20-13-3-6-16(15(7-13)19(21,22)23)33(30,31)25-9-17(18(27,10-25)11-26)32(28,29)14-4-1-12(8-24)2-5-14/h1-7,17,26-27H,9-11H2/t17-,18+/m0/s1. The van der Waals surface area contributed by atoms with Gasteiger partial charge in [-0.05, 0) is 42.5 Å². The first-order chi connectivity index (χ1) is 15.2. The van der Waals surface area contributed by atoms with Gasteiger partial charge >= 0.3 is 6.18 Å². The average Bonchev–Trinajstić information content (AvgIpc) is 3.13. The summed E-state index contributed by atoms with van der Waals surface area (Å²) in [6, 6.07) is 7.10. The van der Waals surface area contributed by atoms with Crippen molar-refractivity contribution in [1.82, 2.24) is 4.31 Å². The molecule has 0 saturated carbocycles. The van der Waals surface area contributed by atoms with Gasteiger partial charge in [0.1, 0.15) is 16.7 Å². The van der Waals surface area contributed by atoms with Gasteiger partial charge in [0.25, 0.3) is 0 Å². The van der Waals surface area contributed by atoms with Gasteiger partial charge in [-0.2, -0.15) is 22.7 Å². The van der Waals surface area contributed by atoms with Gasteiger partial charge in [0.05, 0.1) is 33.6 Å². The van der Waals surface area contributed by atoms with Crippen LogP contribution in [-0.2, 0) is 26.0 Å². The van der Waals surface area contributed by atoms with E-state index in [0.29, 0.717) is 16.4 Å². The summed E-state index contributed by atoms with van der Waals surface area (Å²) in [6.45, 7) is -3.22. The Balaban J connectivity index is 2.07. The number of hydrogen-bond donors (Lipinski definition) is 2. The van der Waals surface area contributed by atoms with Gasteiger partial charge < -0.3 is 10.2 Å². The molecule has 0 unspecified atom stereocenters. The molecule has 1 saturated heterocycles. The molecule has 0 bridgehead atoms. The Labute approximate surface area is 186 Å². The van der Waals surface area contributed by atoms with Gasteiger partial charge in [-0.15, -0.1) is 0 Å². The normalized spacial score (nSPS) is 22.3. The summed E-state index contributed by atoms with van der Waals surface area (Å²) >= 11 is 0. The van der Waals surface area contributed by atoms with E-state index < -0.39 is 77.8 Å². The average molecular weight is 508 g/mol. The lowest BCUT2D eigenvalue weighted by atomic mass is 10.1. The third-order valence-corrected chi connectivity index (χ3v) is 9.38. The highest BCUT2D eigenvalue weighted by Gasteiger charge is 2.55. The fourth-order valence-electron chi connectivity index (χ4n) is 3.52. The third kappa shape index (κ3) is 4.46. The second kappa shape index (κ2) is 8.33. The number of sulfonamides is 1. The number of halogens is 4. The molecule has 1 aliphatic rings. The number of aliphatic hydroxyl groups excluding tert-OH is 1. The molecule has 2 atom stereocenters. The van der Waals surface area contributed by atoms with E-state index in [-0.39, 0.29) is 11.6 Å². The summed E-state index contributed by atoms with van der Waals surface area (Å²) in [5.74, 6) is -1.34. The maximum absolute atomic E-state index is 13.4. The Kier molecular flexibility index (Phi) is 6.33. The van der Waals surface area contributed by atoms with Crippen LogP contribution < -0.4 is 0 Å². The quantitative estimate of drug-likeness (QED) is 0.581. The molecule has 0 spiro atoms. The van der Waals surface area contributed by atoms with Crippen LogP contribution in [-0.4, -0.2) is 61.9 Å². The summed E-state index contributed by atoms with van der Waals surface area (Å²) in [7, 11) is -9.58. The summed E-state index contributed by atoms with van der Waals surface area (Å²) in [5, 5.41) is 27.3. The van der Waals surface area contributed by atoms with Crippen LogP contribution in [0.15, 0.2) is 52.3 Å². The number of aliphatic hydroxyl groups is 2. The van der Waals surface area contributed by atoms with Crippen molar-refractivity contribution in [2.75, 3.05) is 19.7 Å². The Morgan fingerprint density at radius 2 is 1.73 bits per heavy atom. The van der Waals surface area contributed by atoms with Gasteiger partial charge in [-0.1, -0.05) is 0 Å². The fourth-order valence-corrected chi connectivity index (χ4v) is 7.27. The van der Waals surface area contributed by atoms with Crippen LogP contribution in [0.1, 0.15) is 11.1 Å². The van der Waals surface area contributed by atoms with Crippen LogP contribution in [0.4, 0.5) is 17.6 Å². The van der Waals surface area contributed by atoms with Crippen molar-refractivity contribution < 1.29 is 44.6 Å². The second-order valence-electron chi connectivity index (χ2n) is 7.37. The van der Waals surface area contributed by atoms with E-state index in [4.69, 9.17) is 5.26 Å². The molecule has 0 aliphatic carbocycles. The number of benzene rings is 2. The highest BCUT2D eigenvalue weighted by atomic mass is 32.2. The Hall–Kier alpha value is -2.57. The molecule has 1 fully saturated rings. The predicted molar refractivity (Wildman–Crippen MR) is 104 cm³/mol. The van der Waals surface area contributed by atoms with Crippen molar-refractivity contribution in [3.8, 4) is 6.07 Å². The van der Waals surface area contributed by atoms with Gasteiger partial charge in [-0.25, -0.2) is 21.2 Å². The molecular weight excluding hydrogens is 492 g/mol. The van der Waals surface area contributed by atoms with Gasteiger partial charge in [0.15, 0.2) is 9.84 Å². The van der Waals surface area contributed by atoms with E-state index in [9.17, 15) is 44.6 Å². The van der Waals surface area contributed by atoms with E-state index in [2.05, 4.69) is 0 Å². The summed E-state index contributed by atoms with van der Waals surface area (Å²) in [4.78, 5) is -1.72. The molecule has 0 radical (unpaired) electrons. The molecule has 0 aromatic heterocycles. The van der Waals surface area contributed by atoms with Crippen LogP contribution >= 0.6 is 0 Å². The van der Waals surface area contributed by atoms with E-state index in [1.165, 1.54) is 12.1 Å². The van der Waals surface area contributed by atoms with Crippen molar-refractivity contribution in [3.05, 3.63) is 59.4 Å². The highest BCUT2D eigenvalue weighted by Crippen LogP contribution is 2.39. The monoisotopic (exact) mass is 508 g/mol. The number of nitrogens with zero attached hydrogens (tertiary/aromatic N) is 2. The Bertz CT molecular complexity index is 1320. The molecule has 3 rings (SSSR count). The molecule has 2 N–H and O–H groups in total. The van der Waals surface area contributed by atoms with Crippen LogP contribution in [0.25, 0.3) is 0 Å². The third-order valence-electron chi connectivity index (χ3n) is 5.24. The smallest absolute Gasteiger partial charge is 0.393 e. The number of sulfone groups is 1. The SMILES string of the molecule is N#Cc1ccc(S(=O)(=O)[C@H]2CN(S(=O)(=O)c3ccc(F)cc3C(F)(F)F)C[C@@]2(O)CO)cc1. The largest absolute Gasteiger partial charge is 0.417 e. The number of β-amino-alcohol motifs (C(OH)–C–C–N with tert-alkyl or cyclic N) is 1. The zero-order valence-corrected chi connectivity index (χ0v) is 18.1. The van der Waals surface area contributed by atoms with E-state index >= 15 is 0 Å². The number of hydrogen-bond acceptors (Lipinski definition) is 7. The molecule has 33 heavy (non-hydrogen) atoms. The number of rotatable bonds is 5. The Morgan fingerprint density at radius 1 is 1.12 bits per heavy atom. The van der Waals surface area contributed by atoms with Crippen molar-refractivity contribution in [2.24, 2.45) is 0 Å². The molecular formula is C19H16F4N2O6S2. The number of alkyl halides is 3. The molecule has 0 amide bonds. The van der Waals surface area contributed by atoms with Crippen molar-refractivity contribution in [1.29, 1.82) is 5.26 Å². The molecule has 8 nitrogen and oxygen atoms in total. The second-order valence-corrected chi connectivity index (χ2v) is 11.4. The van der Waals surface area contributed by atoms with Crippen molar-refractivity contribution in [2.45, 2.75) is 26.8 Å². The van der Waals surface area contributed by atoms with Gasteiger partial charge in [0, 0.05) is 13.1 Å². The lowest BCUT2D eigenvalue weighted by molar-refractivity contribution is -0.140. The molecule has 1 heterocycles. The van der Waals surface area contributed by atoms with Crippen LogP contribution in [0.2, 0.25) is 0 Å². The summed E-state index contributed by atoms with van der Waals surface area (Å²) < 4.78 is 106. The highest BCUT2D eigenvalue weighted by molar-refractivity contribution is 7.92. The minimum absolute atomic E-state index is 0.00777. The van der Waals surface area contributed by atoms with Crippen LogP contribution in [0.5, 0.6) is 0 Å². The van der Waals surface area contributed by atoms with Crippen LogP contribution in [0, 0.1) is 17.1 Å².